The number of rotatable bonds is 2. The number of pyridine rings is 1. The summed E-state index contributed by atoms with van der Waals surface area (Å²) in [5.41, 5.74) is 1.34. The van der Waals surface area contributed by atoms with Gasteiger partial charge in [0.25, 0.3) is 5.91 Å². The second kappa shape index (κ2) is 6.24. The van der Waals surface area contributed by atoms with Crippen molar-refractivity contribution in [3.05, 3.63) is 64.3 Å². The second-order valence-corrected chi connectivity index (χ2v) is 5.62. The van der Waals surface area contributed by atoms with Crippen LogP contribution in [0.3, 0.4) is 0 Å². The Balaban J connectivity index is 1.66. The third-order valence-corrected chi connectivity index (χ3v) is 4.09. The van der Waals surface area contributed by atoms with Gasteiger partial charge in [0.2, 0.25) is 5.56 Å². The third-order valence-electron chi connectivity index (χ3n) is 4.09. The first kappa shape index (κ1) is 15.3. The largest absolute Gasteiger partial charge is 0.368 e. The molecule has 1 saturated heterocycles. The maximum Gasteiger partial charge on any atom is 0.255 e. The molecule has 0 atom stereocenters. The van der Waals surface area contributed by atoms with E-state index in [4.69, 9.17) is 0 Å². The fourth-order valence-corrected chi connectivity index (χ4v) is 2.72. The zero-order valence-corrected chi connectivity index (χ0v) is 12.9. The maximum atomic E-state index is 13.0. The van der Waals surface area contributed by atoms with E-state index in [1.54, 1.807) is 36.3 Å². The molecule has 120 valence electrons. The van der Waals surface area contributed by atoms with Crippen LogP contribution in [-0.2, 0) is 7.05 Å². The van der Waals surface area contributed by atoms with Gasteiger partial charge in [-0.05, 0) is 30.3 Å². The van der Waals surface area contributed by atoms with Gasteiger partial charge >= 0.3 is 0 Å². The smallest absolute Gasteiger partial charge is 0.255 e. The van der Waals surface area contributed by atoms with Crippen LogP contribution in [0, 0.1) is 5.82 Å². The van der Waals surface area contributed by atoms with Gasteiger partial charge in [-0.25, -0.2) is 4.39 Å². The molecule has 2 heterocycles. The Kier molecular flexibility index (Phi) is 4.14. The summed E-state index contributed by atoms with van der Waals surface area (Å²) >= 11 is 0. The van der Waals surface area contributed by atoms with E-state index in [2.05, 4.69) is 4.90 Å². The summed E-state index contributed by atoms with van der Waals surface area (Å²) in [6.45, 7) is 2.59. The molecular formula is C17H18FN3O2. The zero-order valence-electron chi connectivity index (χ0n) is 12.9. The lowest BCUT2D eigenvalue weighted by Crippen LogP contribution is -2.49. The number of benzene rings is 1. The number of amides is 1. The molecule has 6 heteroatoms. The average molecular weight is 315 g/mol. The quantitative estimate of drug-likeness (QED) is 0.843. The molecule has 5 nitrogen and oxygen atoms in total. The van der Waals surface area contributed by atoms with Crippen molar-refractivity contribution in [2.75, 3.05) is 31.1 Å². The number of hydrogen-bond acceptors (Lipinski definition) is 3. The normalized spacial score (nSPS) is 14.9. The molecule has 1 aromatic carbocycles. The van der Waals surface area contributed by atoms with Gasteiger partial charge in [0, 0.05) is 51.2 Å². The number of aryl methyl sites for hydroxylation is 1. The average Bonchev–Trinajstić information content (AvgIpc) is 2.57. The second-order valence-electron chi connectivity index (χ2n) is 5.62. The first-order valence-corrected chi connectivity index (χ1v) is 7.51. The Bertz CT molecular complexity index is 762. The molecule has 1 amide bonds. The van der Waals surface area contributed by atoms with E-state index >= 15 is 0 Å². The summed E-state index contributed by atoms with van der Waals surface area (Å²) < 4.78 is 14.4. The van der Waals surface area contributed by atoms with Crippen LogP contribution in [0.15, 0.2) is 47.4 Å². The van der Waals surface area contributed by atoms with Gasteiger partial charge in [0.05, 0.1) is 5.56 Å². The lowest BCUT2D eigenvalue weighted by molar-refractivity contribution is 0.0746. The Morgan fingerprint density at radius 1 is 1.00 bits per heavy atom. The lowest BCUT2D eigenvalue weighted by Gasteiger charge is -2.36. The van der Waals surface area contributed by atoms with E-state index in [1.165, 1.54) is 22.8 Å². The van der Waals surface area contributed by atoms with Crippen molar-refractivity contribution in [2.45, 2.75) is 0 Å². The molecular weight excluding hydrogens is 297 g/mol. The number of aromatic nitrogens is 1. The van der Waals surface area contributed by atoms with Crippen LogP contribution < -0.4 is 10.5 Å². The van der Waals surface area contributed by atoms with Gasteiger partial charge < -0.3 is 14.4 Å². The van der Waals surface area contributed by atoms with Crippen molar-refractivity contribution < 1.29 is 9.18 Å². The van der Waals surface area contributed by atoms with Gasteiger partial charge in [0.15, 0.2) is 0 Å². The number of carbonyl (C=O) groups excluding carboxylic acids is 1. The first-order valence-electron chi connectivity index (χ1n) is 7.51. The summed E-state index contributed by atoms with van der Waals surface area (Å²) in [4.78, 5) is 27.8. The summed E-state index contributed by atoms with van der Waals surface area (Å²) in [6.07, 6.45) is 1.57. The van der Waals surface area contributed by atoms with Crippen molar-refractivity contribution in [3.8, 4) is 0 Å². The van der Waals surface area contributed by atoms with Gasteiger partial charge in [0.1, 0.15) is 5.82 Å². The molecule has 1 fully saturated rings. The molecule has 0 bridgehead atoms. The Hall–Kier alpha value is -2.63. The fourth-order valence-electron chi connectivity index (χ4n) is 2.72. The maximum absolute atomic E-state index is 13.0. The Morgan fingerprint density at radius 2 is 1.65 bits per heavy atom. The van der Waals surface area contributed by atoms with Crippen LogP contribution in [0.4, 0.5) is 10.1 Å². The number of anilines is 1. The van der Waals surface area contributed by atoms with E-state index in [1.807, 2.05) is 0 Å². The minimum absolute atomic E-state index is 0.0700. The van der Waals surface area contributed by atoms with E-state index in [0.29, 0.717) is 31.7 Å². The Morgan fingerprint density at radius 3 is 2.26 bits per heavy atom. The van der Waals surface area contributed by atoms with Crippen molar-refractivity contribution in [3.63, 3.8) is 0 Å². The molecule has 3 rings (SSSR count). The standard InChI is InChI=1S/C17H18FN3O2/c1-19-12-13(2-7-16(19)22)17(23)21-10-8-20(9-11-21)15-5-3-14(18)4-6-15/h2-7,12H,8-11H2,1H3. The Labute approximate surface area is 133 Å². The molecule has 1 aliphatic heterocycles. The SMILES string of the molecule is Cn1cc(C(=O)N2CCN(c3ccc(F)cc3)CC2)ccc1=O. The van der Waals surface area contributed by atoms with Crippen LogP contribution in [0.25, 0.3) is 0 Å². The molecule has 0 aliphatic carbocycles. The number of hydrogen-bond donors (Lipinski definition) is 0. The fraction of sp³-hybridized carbons (Fsp3) is 0.294. The zero-order chi connectivity index (χ0) is 16.4. The molecule has 0 radical (unpaired) electrons. The predicted octanol–water partition coefficient (Wildman–Crippen LogP) is 1.49. The van der Waals surface area contributed by atoms with E-state index < -0.39 is 0 Å². The molecule has 2 aromatic rings. The van der Waals surface area contributed by atoms with E-state index in [9.17, 15) is 14.0 Å². The molecule has 0 N–H and O–H groups in total. The predicted molar refractivity (Wildman–Crippen MR) is 86.2 cm³/mol. The molecule has 0 unspecified atom stereocenters. The highest BCUT2D eigenvalue weighted by Gasteiger charge is 2.22. The topological polar surface area (TPSA) is 45.6 Å². The number of carbonyl (C=O) groups is 1. The van der Waals surface area contributed by atoms with Crippen molar-refractivity contribution in [1.29, 1.82) is 0 Å². The van der Waals surface area contributed by atoms with Gasteiger partial charge in [-0.15, -0.1) is 0 Å². The van der Waals surface area contributed by atoms with Gasteiger partial charge in [-0.2, -0.15) is 0 Å². The van der Waals surface area contributed by atoms with Crippen LogP contribution in [-0.4, -0.2) is 41.6 Å². The van der Waals surface area contributed by atoms with Crippen molar-refractivity contribution >= 4 is 11.6 Å². The summed E-state index contributed by atoms with van der Waals surface area (Å²) in [5, 5.41) is 0. The monoisotopic (exact) mass is 315 g/mol. The van der Waals surface area contributed by atoms with Gasteiger partial charge in [-0.3, -0.25) is 9.59 Å². The van der Waals surface area contributed by atoms with Gasteiger partial charge in [-0.1, -0.05) is 0 Å². The highest BCUT2D eigenvalue weighted by Crippen LogP contribution is 2.17. The summed E-state index contributed by atoms with van der Waals surface area (Å²) in [7, 11) is 1.63. The molecule has 0 spiro atoms. The van der Waals surface area contributed by atoms with Crippen LogP contribution in [0.1, 0.15) is 10.4 Å². The summed E-state index contributed by atoms with van der Waals surface area (Å²) in [6, 6.07) is 9.35. The molecule has 1 aromatic heterocycles. The van der Waals surface area contributed by atoms with Crippen molar-refractivity contribution in [2.24, 2.45) is 7.05 Å². The highest BCUT2D eigenvalue weighted by molar-refractivity contribution is 5.94. The highest BCUT2D eigenvalue weighted by atomic mass is 19.1. The van der Waals surface area contributed by atoms with E-state index in [0.717, 1.165) is 5.69 Å². The van der Waals surface area contributed by atoms with Crippen LogP contribution >= 0.6 is 0 Å². The number of piperazine rings is 1. The molecule has 23 heavy (non-hydrogen) atoms. The molecule has 1 aliphatic rings. The third kappa shape index (κ3) is 3.26. The van der Waals surface area contributed by atoms with Crippen LogP contribution in [0.5, 0.6) is 0 Å². The lowest BCUT2D eigenvalue weighted by atomic mass is 10.2. The van der Waals surface area contributed by atoms with E-state index in [-0.39, 0.29) is 17.3 Å². The molecule has 0 saturated carbocycles. The minimum atomic E-state index is -0.253. The van der Waals surface area contributed by atoms with Crippen molar-refractivity contribution in [1.82, 2.24) is 9.47 Å². The number of halogens is 1. The summed E-state index contributed by atoms with van der Waals surface area (Å²) in [5.74, 6) is -0.323. The van der Waals surface area contributed by atoms with Crippen LogP contribution in [0.2, 0.25) is 0 Å². The number of nitrogens with zero attached hydrogens (tertiary/aromatic N) is 3. The minimum Gasteiger partial charge on any atom is -0.368 e. The first-order chi connectivity index (χ1) is 11.0.